The summed E-state index contributed by atoms with van der Waals surface area (Å²) in [6.07, 6.45) is 7.27. The number of aromatic nitrogens is 2. The Morgan fingerprint density at radius 2 is 1.77 bits per heavy atom. The van der Waals surface area contributed by atoms with Crippen LogP contribution >= 0.6 is 11.6 Å². The molecule has 4 rings (SSSR count). The van der Waals surface area contributed by atoms with Gasteiger partial charge in [-0.15, -0.1) is 0 Å². The molecule has 1 saturated carbocycles. The van der Waals surface area contributed by atoms with Crippen LogP contribution in [0.4, 0.5) is 0 Å². The standard InChI is InChI=1S/C20H28ClN3O2/c1-13-11-17(21)19-18(12-13)24(20(25)22-19)15-7-9-23(10-8-15)14-3-5-16(26-2)6-4-14/h11-12,14-16H,3-10H2,1-2H3,(H,22,25). The lowest BCUT2D eigenvalue weighted by molar-refractivity contribution is 0.0296. The Morgan fingerprint density at radius 3 is 2.42 bits per heavy atom. The van der Waals surface area contributed by atoms with E-state index in [0.717, 1.165) is 42.5 Å². The second-order valence-electron chi connectivity index (χ2n) is 7.87. The summed E-state index contributed by atoms with van der Waals surface area (Å²) in [5.74, 6) is 0. The number of piperidine rings is 1. The number of likely N-dealkylation sites (tertiary alicyclic amines) is 1. The van der Waals surface area contributed by atoms with E-state index in [4.69, 9.17) is 16.3 Å². The summed E-state index contributed by atoms with van der Waals surface area (Å²) < 4.78 is 7.43. The van der Waals surface area contributed by atoms with Crippen molar-refractivity contribution in [2.45, 2.75) is 63.6 Å². The highest BCUT2D eigenvalue weighted by Crippen LogP contribution is 2.32. The average molecular weight is 378 g/mol. The number of hydrogen-bond acceptors (Lipinski definition) is 3. The van der Waals surface area contributed by atoms with Crippen LogP contribution in [-0.4, -0.2) is 46.8 Å². The SMILES string of the molecule is COC1CCC(N2CCC(n3c(=O)[nH]c4c(Cl)cc(C)cc43)CC2)CC1. The quantitative estimate of drug-likeness (QED) is 0.882. The first-order valence-corrected chi connectivity index (χ1v) is 10.1. The first-order valence-electron chi connectivity index (χ1n) is 9.74. The van der Waals surface area contributed by atoms with Gasteiger partial charge in [0.25, 0.3) is 0 Å². The highest BCUT2D eigenvalue weighted by Gasteiger charge is 2.30. The molecular formula is C20H28ClN3O2. The third kappa shape index (κ3) is 3.32. The van der Waals surface area contributed by atoms with Gasteiger partial charge >= 0.3 is 5.69 Å². The van der Waals surface area contributed by atoms with E-state index in [1.807, 2.05) is 24.7 Å². The van der Waals surface area contributed by atoms with Crippen LogP contribution in [0.5, 0.6) is 0 Å². The van der Waals surface area contributed by atoms with E-state index in [0.29, 0.717) is 17.2 Å². The molecular weight excluding hydrogens is 350 g/mol. The summed E-state index contributed by atoms with van der Waals surface area (Å²) in [6, 6.07) is 4.90. The van der Waals surface area contributed by atoms with Crippen LogP contribution in [0.2, 0.25) is 5.02 Å². The molecule has 2 heterocycles. The van der Waals surface area contributed by atoms with E-state index < -0.39 is 0 Å². The van der Waals surface area contributed by atoms with E-state index >= 15 is 0 Å². The molecule has 0 radical (unpaired) electrons. The number of ether oxygens (including phenoxy) is 1. The summed E-state index contributed by atoms with van der Waals surface area (Å²) in [5, 5.41) is 0.628. The molecule has 0 spiro atoms. The predicted molar refractivity (Wildman–Crippen MR) is 105 cm³/mol. The van der Waals surface area contributed by atoms with E-state index in [2.05, 4.69) is 16.0 Å². The van der Waals surface area contributed by atoms with Crippen molar-refractivity contribution in [3.63, 3.8) is 0 Å². The number of imidazole rings is 1. The minimum atomic E-state index is -0.0356. The number of nitrogens with zero attached hydrogens (tertiary/aromatic N) is 2. The van der Waals surface area contributed by atoms with Crippen LogP contribution in [0.3, 0.4) is 0 Å². The fourth-order valence-electron chi connectivity index (χ4n) is 4.83. The van der Waals surface area contributed by atoms with Gasteiger partial charge in [-0.1, -0.05) is 11.6 Å². The first kappa shape index (κ1) is 18.1. The van der Waals surface area contributed by atoms with E-state index in [9.17, 15) is 4.79 Å². The molecule has 1 saturated heterocycles. The molecule has 2 aliphatic rings. The van der Waals surface area contributed by atoms with Crippen LogP contribution in [0.15, 0.2) is 16.9 Å². The molecule has 142 valence electrons. The predicted octanol–water partition coefficient (Wildman–Crippen LogP) is 3.89. The number of fused-ring (bicyclic) bond motifs is 1. The molecule has 2 fully saturated rings. The number of rotatable bonds is 3. The molecule has 0 bridgehead atoms. The van der Waals surface area contributed by atoms with Gasteiger partial charge in [-0.2, -0.15) is 0 Å². The highest BCUT2D eigenvalue weighted by molar-refractivity contribution is 6.35. The molecule has 1 aliphatic heterocycles. The molecule has 26 heavy (non-hydrogen) atoms. The van der Waals surface area contributed by atoms with Crippen LogP contribution in [0.25, 0.3) is 11.0 Å². The van der Waals surface area contributed by atoms with Crippen LogP contribution in [0, 0.1) is 6.92 Å². The summed E-state index contributed by atoms with van der Waals surface area (Å²) in [4.78, 5) is 18.2. The van der Waals surface area contributed by atoms with Crippen molar-refractivity contribution in [3.05, 3.63) is 33.2 Å². The number of H-pyrrole nitrogens is 1. The Bertz CT molecular complexity index is 827. The molecule has 1 aliphatic carbocycles. The summed E-state index contributed by atoms with van der Waals surface area (Å²) in [5.41, 5.74) is 2.76. The van der Waals surface area contributed by atoms with Gasteiger partial charge < -0.3 is 14.6 Å². The maximum Gasteiger partial charge on any atom is 0.326 e. The first-order chi connectivity index (χ1) is 12.6. The molecule has 0 unspecified atom stereocenters. The van der Waals surface area contributed by atoms with E-state index in [-0.39, 0.29) is 11.7 Å². The molecule has 1 N–H and O–H groups in total. The highest BCUT2D eigenvalue weighted by atomic mass is 35.5. The van der Waals surface area contributed by atoms with Crippen LogP contribution < -0.4 is 5.69 Å². The van der Waals surface area contributed by atoms with Gasteiger partial charge in [0.1, 0.15) is 0 Å². The lowest BCUT2D eigenvalue weighted by atomic mass is 9.90. The summed E-state index contributed by atoms with van der Waals surface area (Å²) in [6.45, 7) is 4.14. The zero-order valence-corrected chi connectivity index (χ0v) is 16.4. The Kier molecular flexibility index (Phi) is 5.13. The molecule has 0 atom stereocenters. The number of methoxy groups -OCH3 is 1. The Balaban J connectivity index is 1.48. The van der Waals surface area contributed by atoms with Crippen LogP contribution in [-0.2, 0) is 4.74 Å². The molecule has 1 aromatic heterocycles. The van der Waals surface area contributed by atoms with Crippen molar-refractivity contribution >= 4 is 22.6 Å². The van der Waals surface area contributed by atoms with Gasteiger partial charge in [-0.25, -0.2) is 4.79 Å². The smallest absolute Gasteiger partial charge is 0.326 e. The van der Waals surface area contributed by atoms with Gasteiger partial charge in [0.2, 0.25) is 0 Å². The second kappa shape index (κ2) is 7.37. The van der Waals surface area contributed by atoms with Crippen molar-refractivity contribution < 1.29 is 4.74 Å². The average Bonchev–Trinajstić information content (AvgIpc) is 2.98. The molecule has 1 aromatic carbocycles. The maximum absolute atomic E-state index is 12.6. The summed E-state index contributed by atoms with van der Waals surface area (Å²) in [7, 11) is 1.82. The zero-order valence-electron chi connectivity index (χ0n) is 15.6. The summed E-state index contributed by atoms with van der Waals surface area (Å²) >= 11 is 6.33. The van der Waals surface area contributed by atoms with Gasteiger partial charge in [-0.05, 0) is 63.1 Å². The Morgan fingerprint density at radius 1 is 1.08 bits per heavy atom. The number of aromatic amines is 1. The number of hydrogen-bond donors (Lipinski definition) is 1. The lowest BCUT2D eigenvalue weighted by Gasteiger charge is -2.40. The number of aryl methyl sites for hydroxylation is 1. The number of benzene rings is 1. The third-order valence-electron chi connectivity index (χ3n) is 6.28. The Hall–Kier alpha value is -1.30. The monoisotopic (exact) mass is 377 g/mol. The van der Waals surface area contributed by atoms with Crippen molar-refractivity contribution in [2.75, 3.05) is 20.2 Å². The van der Waals surface area contributed by atoms with Gasteiger partial charge in [0, 0.05) is 32.3 Å². The lowest BCUT2D eigenvalue weighted by Crippen LogP contribution is -2.45. The fraction of sp³-hybridized carbons (Fsp3) is 0.650. The van der Waals surface area contributed by atoms with E-state index in [1.54, 1.807) is 0 Å². The van der Waals surface area contributed by atoms with Gasteiger partial charge in [0.15, 0.2) is 0 Å². The Labute approximate surface area is 159 Å². The van der Waals surface area contributed by atoms with Crippen molar-refractivity contribution in [1.82, 2.24) is 14.5 Å². The van der Waals surface area contributed by atoms with E-state index in [1.165, 1.54) is 25.7 Å². The third-order valence-corrected chi connectivity index (χ3v) is 6.58. The number of nitrogens with one attached hydrogen (secondary N) is 1. The molecule has 2 aromatic rings. The second-order valence-corrected chi connectivity index (χ2v) is 8.28. The minimum absolute atomic E-state index is 0.0356. The van der Waals surface area contributed by atoms with Gasteiger partial charge in [0.05, 0.1) is 22.2 Å². The van der Waals surface area contributed by atoms with Crippen LogP contribution in [0.1, 0.15) is 50.1 Å². The van der Waals surface area contributed by atoms with Crippen molar-refractivity contribution in [1.29, 1.82) is 0 Å². The van der Waals surface area contributed by atoms with Gasteiger partial charge in [-0.3, -0.25) is 4.57 Å². The largest absolute Gasteiger partial charge is 0.381 e. The fourth-order valence-corrected chi connectivity index (χ4v) is 5.15. The number of halogens is 1. The topological polar surface area (TPSA) is 50.3 Å². The normalized spacial score (nSPS) is 25.8. The molecule has 5 nitrogen and oxygen atoms in total. The molecule has 0 amide bonds. The van der Waals surface area contributed by atoms with Crippen molar-refractivity contribution in [3.8, 4) is 0 Å². The maximum atomic E-state index is 12.6. The zero-order chi connectivity index (χ0) is 18.3. The minimum Gasteiger partial charge on any atom is -0.381 e. The molecule has 6 heteroatoms. The van der Waals surface area contributed by atoms with Crippen molar-refractivity contribution in [2.24, 2.45) is 0 Å².